The summed E-state index contributed by atoms with van der Waals surface area (Å²) in [7, 11) is 0. The average Bonchev–Trinajstić information content (AvgIpc) is 2.75. The van der Waals surface area contributed by atoms with Crippen molar-refractivity contribution in [1.82, 2.24) is 0 Å². The number of nitrogens with one attached hydrogen (secondary N) is 1. The largest absolute Gasteiger partial charge is 0.456 e. The van der Waals surface area contributed by atoms with Gasteiger partial charge in [0.05, 0.1) is 17.8 Å². The smallest absolute Gasteiger partial charge is 0.308 e. The molecule has 3 aromatic carbocycles. The van der Waals surface area contributed by atoms with Crippen LogP contribution in [-0.4, -0.2) is 25.0 Å². The first kappa shape index (κ1) is 20.7. The van der Waals surface area contributed by atoms with Crippen LogP contribution in [0.4, 0.5) is 17.1 Å². The number of amides is 1. The zero-order valence-corrected chi connectivity index (χ0v) is 19.0. The fraction of sp³-hybridized carbons (Fsp3) is 0.130. The van der Waals surface area contributed by atoms with Gasteiger partial charge in [-0.3, -0.25) is 9.59 Å². The Hall–Kier alpha value is -2.52. The zero-order chi connectivity index (χ0) is 20.9. The average molecular weight is 530 g/mol. The first-order chi connectivity index (χ1) is 14.6. The lowest BCUT2D eigenvalue weighted by molar-refractivity contribution is -0.147. The Bertz CT molecular complexity index is 1040. The van der Waals surface area contributed by atoms with Crippen molar-refractivity contribution in [3.8, 4) is 0 Å². The van der Waals surface area contributed by atoms with Gasteiger partial charge in [-0.15, -0.1) is 0 Å². The van der Waals surface area contributed by atoms with Crippen LogP contribution in [-0.2, 0) is 14.3 Å². The van der Waals surface area contributed by atoms with Crippen molar-refractivity contribution in [3.05, 3.63) is 76.4 Å². The first-order valence-electron chi connectivity index (χ1n) is 9.44. The quantitative estimate of drug-likeness (QED) is 0.339. The van der Waals surface area contributed by atoms with Gasteiger partial charge >= 0.3 is 5.97 Å². The summed E-state index contributed by atoms with van der Waals surface area (Å²) < 4.78 is 6.20. The molecular weight excluding hydrogens is 511 g/mol. The molecule has 0 bridgehead atoms. The highest BCUT2D eigenvalue weighted by Crippen LogP contribution is 2.47. The summed E-state index contributed by atoms with van der Waals surface area (Å²) in [6.07, 6.45) is 0.184. The van der Waals surface area contributed by atoms with Crippen molar-refractivity contribution in [1.29, 1.82) is 0 Å². The topological polar surface area (TPSA) is 58.6 Å². The molecule has 0 radical (unpaired) electrons. The molecule has 1 amide bonds. The highest BCUT2D eigenvalue weighted by atomic mass is 127. The normalized spacial score (nSPS) is 12.0. The number of halogens is 1. The minimum absolute atomic E-state index is 0.184. The number of carbonyl (C=O) groups excluding carboxylic acids is 2. The molecule has 4 rings (SSSR count). The third kappa shape index (κ3) is 4.96. The SMILES string of the molecule is O=C(COC(=O)CCN1c2ccccc2Sc2ccccc21)Nc1cccc(I)c1. The Morgan fingerprint density at radius 1 is 0.933 bits per heavy atom. The van der Waals surface area contributed by atoms with Gasteiger partial charge in [-0.1, -0.05) is 42.1 Å². The van der Waals surface area contributed by atoms with E-state index in [1.165, 1.54) is 0 Å². The molecule has 0 unspecified atom stereocenters. The number of fused-ring (bicyclic) bond motifs is 2. The second kappa shape index (κ2) is 9.53. The summed E-state index contributed by atoms with van der Waals surface area (Å²) >= 11 is 3.90. The summed E-state index contributed by atoms with van der Waals surface area (Å²) in [4.78, 5) is 28.8. The molecule has 0 saturated carbocycles. The fourth-order valence-electron chi connectivity index (χ4n) is 3.21. The lowest BCUT2D eigenvalue weighted by Gasteiger charge is -2.32. The molecule has 0 fully saturated rings. The number of nitrogens with zero attached hydrogens (tertiary/aromatic N) is 1. The summed E-state index contributed by atoms with van der Waals surface area (Å²) in [6.45, 7) is 0.180. The highest BCUT2D eigenvalue weighted by molar-refractivity contribution is 14.1. The molecule has 1 aliphatic rings. The molecule has 1 aliphatic heterocycles. The molecule has 7 heteroatoms. The lowest BCUT2D eigenvalue weighted by atomic mass is 10.2. The predicted molar refractivity (Wildman–Crippen MR) is 127 cm³/mol. The number of benzene rings is 3. The number of esters is 1. The van der Waals surface area contributed by atoms with Crippen molar-refractivity contribution in [2.24, 2.45) is 0 Å². The molecule has 0 atom stereocenters. The number of anilines is 3. The maximum absolute atomic E-state index is 12.3. The van der Waals surface area contributed by atoms with Gasteiger partial charge in [-0.05, 0) is 65.1 Å². The highest BCUT2D eigenvalue weighted by Gasteiger charge is 2.23. The number of hydrogen-bond acceptors (Lipinski definition) is 5. The van der Waals surface area contributed by atoms with E-state index < -0.39 is 5.97 Å². The minimum atomic E-state index is -0.402. The molecule has 0 spiro atoms. The molecule has 30 heavy (non-hydrogen) atoms. The second-order valence-electron chi connectivity index (χ2n) is 6.66. The van der Waals surface area contributed by atoms with Crippen LogP contribution in [0.5, 0.6) is 0 Å². The summed E-state index contributed by atoms with van der Waals surface area (Å²) in [6, 6.07) is 23.7. The van der Waals surface area contributed by atoms with E-state index >= 15 is 0 Å². The minimum Gasteiger partial charge on any atom is -0.456 e. The van der Waals surface area contributed by atoms with E-state index in [4.69, 9.17) is 4.74 Å². The molecule has 1 heterocycles. The molecule has 5 nitrogen and oxygen atoms in total. The van der Waals surface area contributed by atoms with Crippen LogP contribution in [0.15, 0.2) is 82.6 Å². The predicted octanol–water partition coefficient (Wildman–Crippen LogP) is 5.47. The van der Waals surface area contributed by atoms with Crippen molar-refractivity contribution < 1.29 is 14.3 Å². The van der Waals surface area contributed by atoms with Crippen LogP contribution in [0.25, 0.3) is 0 Å². The fourth-order valence-corrected chi connectivity index (χ4v) is 4.85. The number of rotatable bonds is 6. The number of para-hydroxylation sites is 2. The Balaban J connectivity index is 1.35. The van der Waals surface area contributed by atoms with Crippen molar-refractivity contribution in [2.45, 2.75) is 16.2 Å². The Morgan fingerprint density at radius 2 is 1.60 bits per heavy atom. The van der Waals surface area contributed by atoms with Gasteiger partial charge in [0.25, 0.3) is 5.91 Å². The number of ether oxygens (including phenoxy) is 1. The Kier molecular flexibility index (Phi) is 6.59. The van der Waals surface area contributed by atoms with E-state index in [1.807, 2.05) is 42.5 Å². The van der Waals surface area contributed by atoms with E-state index in [-0.39, 0.29) is 18.9 Å². The maximum atomic E-state index is 12.3. The van der Waals surface area contributed by atoms with Crippen molar-refractivity contribution in [3.63, 3.8) is 0 Å². The van der Waals surface area contributed by atoms with Crippen LogP contribution >= 0.6 is 34.4 Å². The van der Waals surface area contributed by atoms with Crippen LogP contribution in [0, 0.1) is 3.57 Å². The van der Waals surface area contributed by atoms with Gasteiger partial charge in [0.1, 0.15) is 0 Å². The maximum Gasteiger partial charge on any atom is 0.308 e. The molecule has 0 aromatic heterocycles. The molecule has 3 aromatic rings. The van der Waals surface area contributed by atoms with E-state index in [2.05, 4.69) is 57.1 Å². The van der Waals surface area contributed by atoms with E-state index in [0.717, 1.165) is 24.7 Å². The van der Waals surface area contributed by atoms with E-state index in [1.54, 1.807) is 17.8 Å². The van der Waals surface area contributed by atoms with E-state index in [9.17, 15) is 9.59 Å². The third-order valence-electron chi connectivity index (χ3n) is 4.54. The summed E-state index contributed by atoms with van der Waals surface area (Å²) in [5, 5.41) is 2.74. The first-order valence-corrected chi connectivity index (χ1v) is 11.3. The molecule has 152 valence electrons. The van der Waals surface area contributed by atoms with Gasteiger partial charge < -0.3 is 15.0 Å². The van der Waals surface area contributed by atoms with Crippen molar-refractivity contribution >= 4 is 63.3 Å². The van der Waals surface area contributed by atoms with Crippen LogP contribution in [0.2, 0.25) is 0 Å². The Morgan fingerprint density at radius 3 is 2.27 bits per heavy atom. The zero-order valence-electron chi connectivity index (χ0n) is 16.0. The lowest BCUT2D eigenvalue weighted by Crippen LogP contribution is -2.26. The monoisotopic (exact) mass is 530 g/mol. The third-order valence-corrected chi connectivity index (χ3v) is 6.35. The molecule has 0 saturated heterocycles. The summed E-state index contributed by atoms with van der Waals surface area (Å²) in [5.41, 5.74) is 2.83. The van der Waals surface area contributed by atoms with Gasteiger partial charge in [0.2, 0.25) is 0 Å². The molecule has 0 aliphatic carbocycles. The van der Waals surface area contributed by atoms with E-state index in [0.29, 0.717) is 12.2 Å². The molecule has 1 N–H and O–H groups in total. The van der Waals surface area contributed by atoms with Gasteiger partial charge in [-0.2, -0.15) is 0 Å². The van der Waals surface area contributed by atoms with Gasteiger partial charge in [-0.25, -0.2) is 0 Å². The number of carbonyl (C=O) groups is 2. The van der Waals surface area contributed by atoms with Gasteiger partial charge in [0, 0.05) is 25.6 Å². The summed E-state index contributed by atoms with van der Waals surface area (Å²) in [5.74, 6) is -0.753. The van der Waals surface area contributed by atoms with Crippen LogP contribution < -0.4 is 10.2 Å². The second-order valence-corrected chi connectivity index (χ2v) is 8.99. The van der Waals surface area contributed by atoms with Crippen molar-refractivity contribution in [2.75, 3.05) is 23.4 Å². The number of hydrogen-bond donors (Lipinski definition) is 1. The Labute approximate surface area is 192 Å². The van der Waals surface area contributed by atoms with Crippen LogP contribution in [0.1, 0.15) is 6.42 Å². The molecular formula is C23H19IN2O3S. The van der Waals surface area contributed by atoms with Gasteiger partial charge in [0.15, 0.2) is 6.61 Å². The standard InChI is InChI=1S/C23H19IN2O3S/c24-16-6-5-7-17(14-16)25-22(27)15-29-23(28)12-13-26-18-8-1-3-10-20(18)30-21-11-4-2-9-19(21)26/h1-11,14H,12-13,15H2,(H,25,27). The van der Waals surface area contributed by atoms with Crippen LogP contribution in [0.3, 0.4) is 0 Å².